The van der Waals surface area contributed by atoms with Gasteiger partial charge in [-0.2, -0.15) is 11.8 Å². The first-order valence-corrected chi connectivity index (χ1v) is 8.67. The number of hydrogen-bond acceptors (Lipinski definition) is 4. The highest BCUT2D eigenvalue weighted by molar-refractivity contribution is 7.99. The maximum Gasteiger partial charge on any atom is 0.148 e. The van der Waals surface area contributed by atoms with Gasteiger partial charge in [0.25, 0.3) is 0 Å². The molecule has 0 saturated heterocycles. The van der Waals surface area contributed by atoms with Crippen molar-refractivity contribution in [2.75, 3.05) is 24.4 Å². The average Bonchev–Trinajstić information content (AvgIpc) is 2.32. The minimum Gasteiger partial charge on any atom is -0.384 e. The summed E-state index contributed by atoms with van der Waals surface area (Å²) >= 11 is 1.57. The van der Waals surface area contributed by atoms with E-state index in [4.69, 9.17) is 5.11 Å². The van der Waals surface area contributed by atoms with Crippen molar-refractivity contribution in [3.63, 3.8) is 0 Å². The maximum absolute atomic E-state index is 11.0. The zero-order valence-electron chi connectivity index (χ0n) is 10.2. The molecule has 0 aliphatic heterocycles. The van der Waals surface area contributed by atoms with E-state index in [0.29, 0.717) is 5.75 Å². The van der Waals surface area contributed by atoms with Crippen LogP contribution in [0.2, 0.25) is 0 Å². The molecule has 0 spiro atoms. The van der Waals surface area contributed by atoms with E-state index >= 15 is 0 Å². The molecule has 0 bridgehead atoms. The molecule has 0 aromatic heterocycles. The van der Waals surface area contributed by atoms with Gasteiger partial charge >= 0.3 is 0 Å². The first-order chi connectivity index (χ1) is 8.53. The fraction of sp³-hybridized carbons (Fsp3) is 0.385. The minimum absolute atomic E-state index is 0.157. The van der Waals surface area contributed by atoms with Crippen LogP contribution in [-0.4, -0.2) is 37.9 Å². The van der Waals surface area contributed by atoms with E-state index in [9.17, 15) is 8.42 Å². The summed E-state index contributed by atoms with van der Waals surface area (Å²) < 4.78 is 22.0. The van der Waals surface area contributed by atoms with Gasteiger partial charge in [-0.1, -0.05) is 30.0 Å². The van der Waals surface area contributed by atoms with Gasteiger partial charge in [-0.15, -0.1) is 0 Å². The van der Waals surface area contributed by atoms with E-state index < -0.39 is 9.84 Å². The van der Waals surface area contributed by atoms with Crippen LogP contribution in [0.15, 0.2) is 24.3 Å². The largest absolute Gasteiger partial charge is 0.384 e. The molecular formula is C13H16O3S2. The molecule has 1 aromatic rings. The van der Waals surface area contributed by atoms with E-state index in [1.54, 1.807) is 11.8 Å². The van der Waals surface area contributed by atoms with Crippen molar-refractivity contribution in [2.24, 2.45) is 0 Å². The van der Waals surface area contributed by atoms with E-state index in [-0.39, 0.29) is 12.4 Å². The highest BCUT2D eigenvalue weighted by atomic mass is 32.2. The van der Waals surface area contributed by atoms with Gasteiger partial charge in [0.15, 0.2) is 0 Å². The molecule has 1 N–H and O–H groups in total. The zero-order chi connectivity index (χ0) is 13.4. The van der Waals surface area contributed by atoms with Gasteiger partial charge in [-0.05, 0) is 11.6 Å². The zero-order valence-corrected chi connectivity index (χ0v) is 11.9. The van der Waals surface area contributed by atoms with Crippen LogP contribution in [0.25, 0.3) is 0 Å². The average molecular weight is 284 g/mol. The normalized spacial score (nSPS) is 10.8. The summed E-state index contributed by atoms with van der Waals surface area (Å²) in [5, 5.41) is 8.68. The molecule has 1 rings (SSSR count). The fourth-order valence-corrected chi connectivity index (χ4v) is 3.59. The standard InChI is InChI=1S/C13H16O3S2/c1-18(15,16)10-9-17-11-13-6-3-2-5-12(13)7-4-8-14/h2-3,5-6,14H,8-11H2,1H3. The Kier molecular flexibility index (Phi) is 6.27. The summed E-state index contributed by atoms with van der Waals surface area (Å²) in [5.41, 5.74) is 1.95. The third-order valence-corrected chi connectivity index (χ3v) is 4.39. The van der Waals surface area contributed by atoms with Crippen molar-refractivity contribution in [1.82, 2.24) is 0 Å². The number of sulfone groups is 1. The lowest BCUT2D eigenvalue weighted by atomic mass is 10.1. The quantitative estimate of drug-likeness (QED) is 0.654. The molecule has 1 aromatic carbocycles. The topological polar surface area (TPSA) is 54.4 Å². The first-order valence-electron chi connectivity index (χ1n) is 5.46. The van der Waals surface area contributed by atoms with Gasteiger partial charge < -0.3 is 5.11 Å². The summed E-state index contributed by atoms with van der Waals surface area (Å²) in [6.07, 6.45) is 1.24. The molecule has 5 heteroatoms. The first kappa shape index (κ1) is 15.1. The molecule has 0 fully saturated rings. The highest BCUT2D eigenvalue weighted by Crippen LogP contribution is 2.16. The van der Waals surface area contributed by atoms with Crippen LogP contribution in [0.1, 0.15) is 11.1 Å². The van der Waals surface area contributed by atoms with Crippen molar-refractivity contribution >= 4 is 21.6 Å². The molecule has 18 heavy (non-hydrogen) atoms. The Hall–Kier alpha value is -0.960. The van der Waals surface area contributed by atoms with Crippen molar-refractivity contribution < 1.29 is 13.5 Å². The van der Waals surface area contributed by atoms with Crippen LogP contribution < -0.4 is 0 Å². The minimum atomic E-state index is -2.88. The number of thioether (sulfide) groups is 1. The summed E-state index contributed by atoms with van der Waals surface area (Å²) in [7, 11) is -2.88. The molecule has 0 aliphatic rings. The van der Waals surface area contributed by atoms with Crippen molar-refractivity contribution in [2.45, 2.75) is 5.75 Å². The smallest absolute Gasteiger partial charge is 0.148 e. The van der Waals surface area contributed by atoms with Gasteiger partial charge in [-0.25, -0.2) is 8.42 Å². The lowest BCUT2D eigenvalue weighted by Crippen LogP contribution is -2.05. The second-order valence-electron chi connectivity index (χ2n) is 3.80. The summed E-state index contributed by atoms with van der Waals surface area (Å²) in [6, 6.07) is 7.69. The number of hydrogen-bond donors (Lipinski definition) is 1. The van der Waals surface area contributed by atoms with Gasteiger partial charge in [0.1, 0.15) is 16.4 Å². The van der Waals surface area contributed by atoms with Crippen molar-refractivity contribution in [1.29, 1.82) is 0 Å². The molecule has 0 unspecified atom stereocenters. The van der Waals surface area contributed by atoms with Crippen molar-refractivity contribution in [3.8, 4) is 11.8 Å². The Bertz CT molecular complexity index is 539. The number of aliphatic hydroxyl groups excluding tert-OH is 1. The summed E-state index contributed by atoms with van der Waals surface area (Å²) in [4.78, 5) is 0. The van der Waals surface area contributed by atoms with Gasteiger partial charge in [0, 0.05) is 23.3 Å². The lowest BCUT2D eigenvalue weighted by Gasteiger charge is -2.04. The summed E-state index contributed by atoms with van der Waals surface area (Å²) in [5.74, 6) is 7.02. The number of rotatable bonds is 5. The third kappa shape index (κ3) is 6.10. The highest BCUT2D eigenvalue weighted by Gasteiger charge is 2.03. The molecular weight excluding hydrogens is 268 g/mol. The summed E-state index contributed by atoms with van der Waals surface area (Å²) in [6.45, 7) is -0.157. The van der Waals surface area contributed by atoms with E-state index in [0.717, 1.165) is 16.9 Å². The van der Waals surface area contributed by atoms with Crippen LogP contribution in [0.4, 0.5) is 0 Å². The number of aliphatic hydroxyl groups is 1. The fourth-order valence-electron chi connectivity index (χ4n) is 1.30. The Morgan fingerprint density at radius 3 is 2.72 bits per heavy atom. The Balaban J connectivity index is 2.57. The number of benzene rings is 1. The van der Waals surface area contributed by atoms with Crippen LogP contribution in [0.3, 0.4) is 0 Å². The van der Waals surface area contributed by atoms with Gasteiger partial charge in [0.05, 0.1) is 5.75 Å². The maximum atomic E-state index is 11.0. The monoisotopic (exact) mass is 284 g/mol. The third-order valence-electron chi connectivity index (χ3n) is 2.18. The van der Waals surface area contributed by atoms with Gasteiger partial charge in [-0.3, -0.25) is 0 Å². The molecule has 0 aliphatic carbocycles. The molecule has 0 radical (unpaired) electrons. The van der Waals surface area contributed by atoms with E-state index in [2.05, 4.69) is 11.8 Å². The molecule has 0 atom stereocenters. The molecule has 0 amide bonds. The molecule has 0 saturated carbocycles. The predicted molar refractivity (Wildman–Crippen MR) is 76.3 cm³/mol. The second-order valence-corrected chi connectivity index (χ2v) is 7.16. The predicted octanol–water partition coefficient (Wildman–Crippen LogP) is 1.31. The van der Waals surface area contributed by atoms with Crippen LogP contribution in [-0.2, 0) is 15.6 Å². The van der Waals surface area contributed by atoms with Gasteiger partial charge in [0.2, 0.25) is 0 Å². The van der Waals surface area contributed by atoms with Crippen LogP contribution in [0.5, 0.6) is 0 Å². The molecule has 0 heterocycles. The van der Waals surface area contributed by atoms with Crippen molar-refractivity contribution in [3.05, 3.63) is 35.4 Å². The molecule has 98 valence electrons. The Morgan fingerprint density at radius 1 is 1.33 bits per heavy atom. The lowest BCUT2D eigenvalue weighted by molar-refractivity contribution is 0.350. The molecule has 3 nitrogen and oxygen atoms in total. The Labute approximate surface area is 113 Å². The van der Waals surface area contributed by atoms with E-state index in [1.165, 1.54) is 6.26 Å². The SMILES string of the molecule is CS(=O)(=O)CCSCc1ccccc1C#CCO. The van der Waals surface area contributed by atoms with Crippen LogP contribution in [0, 0.1) is 11.8 Å². The van der Waals surface area contributed by atoms with E-state index in [1.807, 2.05) is 24.3 Å². The second kappa shape index (κ2) is 7.47. The Morgan fingerprint density at radius 2 is 2.06 bits per heavy atom. The van der Waals surface area contributed by atoms with Crippen LogP contribution >= 0.6 is 11.8 Å².